The van der Waals surface area contributed by atoms with Gasteiger partial charge < -0.3 is 18.9 Å². The van der Waals surface area contributed by atoms with E-state index in [4.69, 9.17) is 18.9 Å². The highest BCUT2D eigenvalue weighted by Gasteiger charge is 2.51. The minimum Gasteiger partial charge on any atom is -0.497 e. The van der Waals surface area contributed by atoms with Crippen molar-refractivity contribution < 1.29 is 36.9 Å². The first-order valence-electron chi connectivity index (χ1n) is 10.1. The number of alkyl halides is 3. The Kier molecular flexibility index (Phi) is 5.03. The van der Waals surface area contributed by atoms with Crippen LogP contribution >= 0.6 is 0 Å². The SMILES string of the molecule is COc1ccc(O[C@@H]2C(=O)N(c3cccc(C(F)(F)F)c3)[C@@H]2c2ccc3c(c2)OCO3)cc1. The van der Waals surface area contributed by atoms with Gasteiger partial charge in [0.1, 0.15) is 17.5 Å². The van der Waals surface area contributed by atoms with Crippen molar-refractivity contribution in [1.29, 1.82) is 0 Å². The number of anilines is 1. The van der Waals surface area contributed by atoms with Crippen LogP contribution in [0.3, 0.4) is 0 Å². The molecule has 2 aliphatic rings. The summed E-state index contributed by atoms with van der Waals surface area (Å²) in [5.74, 6) is 1.67. The standard InChI is InChI=1S/C24H18F3NO5/c1-30-17-6-8-18(9-7-17)33-22-21(14-5-10-19-20(11-14)32-13-31-19)28(23(22)29)16-4-2-3-15(12-16)24(25,26)27/h2-12,21-22H,13H2,1H3/t21-,22+/m1/s1. The summed E-state index contributed by atoms with van der Waals surface area (Å²) in [7, 11) is 1.54. The lowest BCUT2D eigenvalue weighted by Gasteiger charge is -2.46. The number of nitrogens with zero attached hydrogens (tertiary/aromatic N) is 1. The van der Waals surface area contributed by atoms with E-state index in [1.54, 1.807) is 42.5 Å². The van der Waals surface area contributed by atoms with Crippen LogP contribution in [-0.2, 0) is 11.0 Å². The molecule has 3 aromatic carbocycles. The maximum atomic E-state index is 13.3. The molecule has 9 heteroatoms. The molecule has 0 unspecified atom stereocenters. The van der Waals surface area contributed by atoms with Crippen LogP contribution in [0.5, 0.6) is 23.0 Å². The smallest absolute Gasteiger partial charge is 0.416 e. The third-order valence-corrected chi connectivity index (χ3v) is 5.56. The Morgan fingerprint density at radius 3 is 2.39 bits per heavy atom. The average Bonchev–Trinajstić information content (AvgIpc) is 3.28. The minimum atomic E-state index is -4.53. The van der Waals surface area contributed by atoms with Crippen LogP contribution in [0.2, 0.25) is 0 Å². The Balaban J connectivity index is 1.51. The highest BCUT2D eigenvalue weighted by Crippen LogP contribution is 2.45. The van der Waals surface area contributed by atoms with E-state index in [2.05, 4.69) is 0 Å². The lowest BCUT2D eigenvalue weighted by Crippen LogP contribution is -2.61. The molecule has 0 aromatic heterocycles. The van der Waals surface area contributed by atoms with Gasteiger partial charge in [-0.3, -0.25) is 9.69 Å². The Bertz CT molecular complexity index is 1200. The van der Waals surface area contributed by atoms with Crippen molar-refractivity contribution in [3.05, 3.63) is 77.9 Å². The number of ether oxygens (including phenoxy) is 4. The van der Waals surface area contributed by atoms with E-state index in [9.17, 15) is 18.0 Å². The second-order valence-electron chi connectivity index (χ2n) is 7.53. The van der Waals surface area contributed by atoms with Gasteiger partial charge >= 0.3 is 6.18 Å². The van der Waals surface area contributed by atoms with Gasteiger partial charge in [0.05, 0.1) is 12.7 Å². The van der Waals surface area contributed by atoms with E-state index in [-0.39, 0.29) is 12.5 Å². The number of carbonyl (C=O) groups is 1. The molecule has 1 amide bonds. The van der Waals surface area contributed by atoms with Crippen LogP contribution in [0.15, 0.2) is 66.7 Å². The van der Waals surface area contributed by atoms with Crippen molar-refractivity contribution in [2.75, 3.05) is 18.8 Å². The summed E-state index contributed by atoms with van der Waals surface area (Å²) in [6, 6.07) is 15.9. The topological polar surface area (TPSA) is 57.2 Å². The van der Waals surface area contributed by atoms with E-state index in [1.807, 2.05) is 0 Å². The number of benzene rings is 3. The average molecular weight is 457 g/mol. The monoisotopic (exact) mass is 457 g/mol. The molecule has 0 aliphatic carbocycles. The van der Waals surface area contributed by atoms with Crippen molar-refractivity contribution in [3.63, 3.8) is 0 Å². The maximum Gasteiger partial charge on any atom is 0.416 e. The second-order valence-corrected chi connectivity index (χ2v) is 7.53. The lowest BCUT2D eigenvalue weighted by molar-refractivity contribution is -0.138. The second kappa shape index (κ2) is 7.91. The van der Waals surface area contributed by atoms with Gasteiger partial charge in [0, 0.05) is 5.69 Å². The van der Waals surface area contributed by atoms with Gasteiger partial charge in [-0.1, -0.05) is 12.1 Å². The number of hydrogen-bond donors (Lipinski definition) is 0. The summed E-state index contributed by atoms with van der Waals surface area (Å²) in [6.45, 7) is 0.0749. The van der Waals surface area contributed by atoms with Crippen molar-refractivity contribution in [3.8, 4) is 23.0 Å². The zero-order valence-electron chi connectivity index (χ0n) is 17.3. The first-order valence-corrected chi connectivity index (χ1v) is 10.1. The van der Waals surface area contributed by atoms with E-state index < -0.39 is 29.8 Å². The third-order valence-electron chi connectivity index (χ3n) is 5.56. The molecular formula is C24H18F3NO5. The van der Waals surface area contributed by atoms with Crippen LogP contribution in [0.1, 0.15) is 17.2 Å². The molecule has 0 bridgehead atoms. The number of methoxy groups -OCH3 is 1. The summed E-state index contributed by atoms with van der Waals surface area (Å²) in [4.78, 5) is 14.4. The fraction of sp³-hybridized carbons (Fsp3) is 0.208. The number of β-lactam (4-membered cyclic amide) rings is 1. The third kappa shape index (κ3) is 3.79. The van der Waals surface area contributed by atoms with Crippen LogP contribution in [-0.4, -0.2) is 25.9 Å². The van der Waals surface area contributed by atoms with E-state index in [0.29, 0.717) is 28.6 Å². The van der Waals surface area contributed by atoms with Gasteiger partial charge in [0.2, 0.25) is 12.9 Å². The molecule has 2 atom stereocenters. The molecule has 0 radical (unpaired) electrons. The summed E-state index contributed by atoms with van der Waals surface area (Å²) in [5, 5.41) is 0. The Morgan fingerprint density at radius 2 is 1.67 bits per heavy atom. The fourth-order valence-corrected chi connectivity index (χ4v) is 3.92. The van der Waals surface area contributed by atoms with Gasteiger partial charge in [-0.05, 0) is 60.2 Å². The molecule has 5 rings (SSSR count). The number of hydrogen-bond acceptors (Lipinski definition) is 5. The van der Waals surface area contributed by atoms with Crippen molar-refractivity contribution >= 4 is 11.6 Å². The number of amides is 1. The number of rotatable bonds is 5. The maximum absolute atomic E-state index is 13.3. The van der Waals surface area contributed by atoms with Gasteiger partial charge in [0.15, 0.2) is 11.5 Å². The molecule has 2 aliphatic heterocycles. The molecule has 3 aromatic rings. The number of carbonyl (C=O) groups excluding carboxylic acids is 1. The molecular weight excluding hydrogens is 439 g/mol. The Labute approximate surface area is 187 Å². The van der Waals surface area contributed by atoms with Crippen LogP contribution < -0.4 is 23.8 Å². The number of fused-ring (bicyclic) bond motifs is 1. The first kappa shape index (κ1) is 21.0. The predicted molar refractivity (Wildman–Crippen MR) is 112 cm³/mol. The van der Waals surface area contributed by atoms with Gasteiger partial charge in [-0.15, -0.1) is 0 Å². The molecule has 2 heterocycles. The Morgan fingerprint density at radius 1 is 0.939 bits per heavy atom. The highest BCUT2D eigenvalue weighted by molar-refractivity contribution is 6.05. The molecule has 33 heavy (non-hydrogen) atoms. The van der Waals surface area contributed by atoms with Crippen LogP contribution in [0.25, 0.3) is 0 Å². The van der Waals surface area contributed by atoms with E-state index >= 15 is 0 Å². The van der Waals surface area contributed by atoms with Crippen LogP contribution in [0.4, 0.5) is 18.9 Å². The van der Waals surface area contributed by atoms with E-state index in [0.717, 1.165) is 12.1 Å². The zero-order valence-corrected chi connectivity index (χ0v) is 17.3. The van der Waals surface area contributed by atoms with Gasteiger partial charge in [-0.25, -0.2) is 0 Å². The molecule has 170 valence electrons. The number of halogens is 3. The first-order chi connectivity index (χ1) is 15.8. The highest BCUT2D eigenvalue weighted by atomic mass is 19.4. The van der Waals surface area contributed by atoms with Gasteiger partial charge in [0.25, 0.3) is 5.91 Å². The van der Waals surface area contributed by atoms with Crippen molar-refractivity contribution in [2.45, 2.75) is 18.3 Å². The summed E-state index contributed by atoms with van der Waals surface area (Å²) in [6.07, 6.45) is -5.47. The normalized spacial score (nSPS) is 19.3. The van der Waals surface area contributed by atoms with Crippen LogP contribution in [0, 0.1) is 0 Å². The van der Waals surface area contributed by atoms with Gasteiger partial charge in [-0.2, -0.15) is 13.2 Å². The minimum absolute atomic E-state index is 0.0749. The Hall–Kier alpha value is -3.88. The molecule has 1 saturated heterocycles. The zero-order chi connectivity index (χ0) is 23.2. The fourth-order valence-electron chi connectivity index (χ4n) is 3.92. The quantitative estimate of drug-likeness (QED) is 0.506. The largest absolute Gasteiger partial charge is 0.497 e. The summed E-state index contributed by atoms with van der Waals surface area (Å²) < 4.78 is 61.7. The molecule has 0 N–H and O–H groups in total. The molecule has 6 nitrogen and oxygen atoms in total. The summed E-state index contributed by atoms with van der Waals surface area (Å²) >= 11 is 0. The van der Waals surface area contributed by atoms with E-state index in [1.165, 1.54) is 24.1 Å². The predicted octanol–water partition coefficient (Wildman–Crippen LogP) is 4.98. The van der Waals surface area contributed by atoms with Crippen molar-refractivity contribution in [1.82, 2.24) is 0 Å². The molecule has 1 fully saturated rings. The van der Waals surface area contributed by atoms with Crippen molar-refractivity contribution in [2.24, 2.45) is 0 Å². The lowest BCUT2D eigenvalue weighted by atomic mass is 9.89. The molecule has 0 spiro atoms. The molecule has 0 saturated carbocycles. The summed E-state index contributed by atoms with van der Waals surface area (Å²) in [5.41, 5.74) is -0.0568.